The lowest BCUT2D eigenvalue weighted by Gasteiger charge is -2.46. The van der Waals surface area contributed by atoms with E-state index in [-0.39, 0.29) is 23.6 Å². The highest BCUT2D eigenvalue weighted by atomic mass is 16.5. The Morgan fingerprint density at radius 2 is 2.29 bits per heavy atom. The SMILES string of the molecule is C=C1CC=C2CC1OC(C1C=C3CCCC(C(=O)OCC)(C3)C1)C2. The Morgan fingerprint density at radius 1 is 1.42 bits per heavy atom. The highest BCUT2D eigenvalue weighted by molar-refractivity contribution is 5.78. The van der Waals surface area contributed by atoms with Crippen LogP contribution >= 0.6 is 0 Å². The van der Waals surface area contributed by atoms with Crippen molar-refractivity contribution in [3.05, 3.63) is 35.5 Å². The van der Waals surface area contributed by atoms with Gasteiger partial charge in [-0.25, -0.2) is 0 Å². The largest absolute Gasteiger partial charge is 0.466 e. The molecule has 24 heavy (non-hydrogen) atoms. The predicted octanol–water partition coefficient (Wildman–Crippen LogP) is 4.49. The van der Waals surface area contributed by atoms with Gasteiger partial charge in [0.25, 0.3) is 0 Å². The van der Waals surface area contributed by atoms with E-state index in [1.807, 2.05) is 6.92 Å². The molecule has 4 aliphatic rings. The Bertz CT molecular complexity index is 615. The second-order valence-corrected chi connectivity index (χ2v) is 8.02. The maximum atomic E-state index is 12.7. The van der Waals surface area contributed by atoms with Crippen LogP contribution in [0.5, 0.6) is 0 Å². The van der Waals surface area contributed by atoms with Crippen molar-refractivity contribution in [2.45, 2.75) is 70.5 Å². The molecule has 0 aromatic rings. The van der Waals surface area contributed by atoms with Crippen molar-refractivity contribution >= 4 is 5.97 Å². The van der Waals surface area contributed by atoms with Crippen molar-refractivity contribution in [1.82, 2.24) is 0 Å². The van der Waals surface area contributed by atoms with E-state index in [1.165, 1.54) is 16.7 Å². The van der Waals surface area contributed by atoms with E-state index < -0.39 is 0 Å². The summed E-state index contributed by atoms with van der Waals surface area (Å²) in [5.74, 6) is 0.343. The minimum Gasteiger partial charge on any atom is -0.466 e. The van der Waals surface area contributed by atoms with E-state index in [4.69, 9.17) is 9.47 Å². The molecule has 0 aromatic heterocycles. The van der Waals surface area contributed by atoms with Gasteiger partial charge < -0.3 is 9.47 Å². The van der Waals surface area contributed by atoms with Gasteiger partial charge in [-0.05, 0) is 63.9 Å². The number of fused-ring (bicyclic) bond motifs is 4. The summed E-state index contributed by atoms with van der Waals surface area (Å²) >= 11 is 0. The van der Waals surface area contributed by atoms with Gasteiger partial charge in [0.2, 0.25) is 0 Å². The third-order valence-corrected chi connectivity index (χ3v) is 6.34. The van der Waals surface area contributed by atoms with Gasteiger partial charge in [-0.2, -0.15) is 0 Å². The number of ether oxygens (including phenoxy) is 2. The van der Waals surface area contributed by atoms with Gasteiger partial charge in [0, 0.05) is 5.92 Å². The fourth-order valence-electron chi connectivity index (χ4n) is 5.13. The van der Waals surface area contributed by atoms with Crippen molar-refractivity contribution in [3.63, 3.8) is 0 Å². The normalized spacial score (nSPS) is 38.2. The van der Waals surface area contributed by atoms with E-state index in [1.54, 1.807) is 0 Å². The summed E-state index contributed by atoms with van der Waals surface area (Å²) in [5.41, 5.74) is 3.86. The van der Waals surface area contributed by atoms with Gasteiger partial charge in [-0.3, -0.25) is 4.79 Å². The molecule has 4 rings (SSSR count). The first-order valence-electron chi connectivity index (χ1n) is 9.47. The lowest BCUT2D eigenvalue weighted by molar-refractivity contribution is -0.159. The van der Waals surface area contributed by atoms with Gasteiger partial charge >= 0.3 is 5.97 Å². The van der Waals surface area contributed by atoms with Gasteiger partial charge in [-0.1, -0.05) is 29.9 Å². The maximum absolute atomic E-state index is 12.7. The van der Waals surface area contributed by atoms with Crippen LogP contribution < -0.4 is 0 Å². The van der Waals surface area contributed by atoms with E-state index in [0.717, 1.165) is 51.4 Å². The van der Waals surface area contributed by atoms with Crippen LogP contribution in [-0.2, 0) is 14.3 Å². The molecule has 2 fully saturated rings. The molecule has 0 spiro atoms. The first-order chi connectivity index (χ1) is 11.6. The topological polar surface area (TPSA) is 35.5 Å². The fraction of sp³-hybridized carbons (Fsp3) is 0.667. The molecular weight excluding hydrogens is 300 g/mol. The monoisotopic (exact) mass is 328 g/mol. The molecule has 4 bridgehead atoms. The second-order valence-electron chi connectivity index (χ2n) is 8.02. The smallest absolute Gasteiger partial charge is 0.312 e. The van der Waals surface area contributed by atoms with E-state index in [9.17, 15) is 4.79 Å². The first kappa shape index (κ1) is 16.1. The van der Waals surface area contributed by atoms with Crippen molar-refractivity contribution in [2.24, 2.45) is 11.3 Å². The second kappa shape index (κ2) is 6.18. The van der Waals surface area contributed by atoms with E-state index in [2.05, 4.69) is 18.7 Å². The molecule has 130 valence electrons. The molecular formula is C21H28O3. The maximum Gasteiger partial charge on any atom is 0.312 e. The molecule has 3 nitrogen and oxygen atoms in total. The third-order valence-electron chi connectivity index (χ3n) is 6.34. The van der Waals surface area contributed by atoms with Crippen LogP contribution in [0.2, 0.25) is 0 Å². The summed E-state index contributed by atoms with van der Waals surface area (Å²) in [5, 5.41) is 0. The number of carbonyl (C=O) groups excluding carboxylic acids is 1. The van der Waals surface area contributed by atoms with Crippen LogP contribution in [0.1, 0.15) is 58.3 Å². The molecule has 0 N–H and O–H groups in total. The number of esters is 1. The lowest BCUT2D eigenvalue weighted by atomic mass is 9.62. The number of rotatable bonds is 3. The van der Waals surface area contributed by atoms with Crippen molar-refractivity contribution in [3.8, 4) is 0 Å². The number of hydrogen-bond donors (Lipinski definition) is 0. The van der Waals surface area contributed by atoms with E-state index in [0.29, 0.717) is 12.5 Å². The molecule has 1 heterocycles. The first-order valence-corrected chi connectivity index (χ1v) is 9.47. The van der Waals surface area contributed by atoms with Crippen molar-refractivity contribution in [2.75, 3.05) is 6.61 Å². The Morgan fingerprint density at radius 3 is 3.12 bits per heavy atom. The molecule has 3 heteroatoms. The summed E-state index contributed by atoms with van der Waals surface area (Å²) in [6.45, 7) is 6.55. The summed E-state index contributed by atoms with van der Waals surface area (Å²) in [4.78, 5) is 12.7. The third kappa shape index (κ3) is 2.77. The zero-order valence-corrected chi connectivity index (χ0v) is 14.7. The molecule has 3 aliphatic carbocycles. The number of hydrogen-bond acceptors (Lipinski definition) is 3. The molecule has 0 radical (unpaired) electrons. The quantitative estimate of drug-likeness (QED) is 0.565. The molecule has 0 amide bonds. The summed E-state index contributed by atoms with van der Waals surface area (Å²) in [6, 6.07) is 0. The molecule has 4 atom stereocenters. The molecule has 4 unspecified atom stereocenters. The average Bonchev–Trinajstić information content (AvgIpc) is 2.58. The van der Waals surface area contributed by atoms with Crippen molar-refractivity contribution < 1.29 is 14.3 Å². The van der Waals surface area contributed by atoms with Crippen LogP contribution in [-0.4, -0.2) is 24.8 Å². The van der Waals surface area contributed by atoms with Gasteiger partial charge in [0.1, 0.15) is 0 Å². The molecule has 1 saturated heterocycles. The molecule has 0 aromatic carbocycles. The average molecular weight is 328 g/mol. The Hall–Kier alpha value is -1.35. The summed E-state index contributed by atoms with van der Waals surface area (Å²) in [6.07, 6.45) is 13.1. The Labute approximate surface area is 144 Å². The predicted molar refractivity (Wildman–Crippen MR) is 93.5 cm³/mol. The Kier molecular flexibility index (Phi) is 4.16. The zero-order chi connectivity index (χ0) is 16.7. The fourth-order valence-corrected chi connectivity index (χ4v) is 5.13. The van der Waals surface area contributed by atoms with Crippen LogP contribution in [0.3, 0.4) is 0 Å². The van der Waals surface area contributed by atoms with Crippen LogP contribution in [0.4, 0.5) is 0 Å². The van der Waals surface area contributed by atoms with Crippen LogP contribution in [0.25, 0.3) is 0 Å². The highest BCUT2D eigenvalue weighted by Gasteiger charge is 2.48. The van der Waals surface area contributed by atoms with Crippen LogP contribution in [0, 0.1) is 11.3 Å². The standard InChI is InChI=1S/C21H28O3/c1-3-23-20(22)21-8-4-5-16(12-21)9-17(13-21)19-11-15-7-6-14(2)18(10-15)24-19/h7,9,17-19H,2-6,8,10-13H2,1H3. The number of carbonyl (C=O) groups is 1. The minimum absolute atomic E-state index is 0.0138. The Balaban J connectivity index is 1.58. The van der Waals surface area contributed by atoms with E-state index >= 15 is 0 Å². The number of allylic oxidation sites excluding steroid dienone is 2. The lowest BCUT2D eigenvalue weighted by Crippen LogP contribution is -2.44. The highest BCUT2D eigenvalue weighted by Crippen LogP contribution is 2.51. The molecule has 1 saturated carbocycles. The van der Waals surface area contributed by atoms with Crippen LogP contribution in [0.15, 0.2) is 35.5 Å². The summed E-state index contributed by atoms with van der Waals surface area (Å²) < 4.78 is 11.9. The molecule has 1 aliphatic heterocycles. The summed E-state index contributed by atoms with van der Waals surface area (Å²) in [7, 11) is 0. The zero-order valence-electron chi connectivity index (χ0n) is 14.7. The van der Waals surface area contributed by atoms with Crippen molar-refractivity contribution in [1.29, 1.82) is 0 Å². The van der Waals surface area contributed by atoms with Gasteiger partial charge in [-0.15, -0.1) is 0 Å². The minimum atomic E-state index is -0.301. The van der Waals surface area contributed by atoms with Gasteiger partial charge in [0.05, 0.1) is 24.2 Å². The van der Waals surface area contributed by atoms with Gasteiger partial charge in [0.15, 0.2) is 0 Å².